The molecular weight excluding hydrogens is 691 g/mol. The van der Waals surface area contributed by atoms with Crippen molar-refractivity contribution in [3.63, 3.8) is 0 Å². The number of hydrogen-bond donors (Lipinski definition) is 0. The predicted molar refractivity (Wildman–Crippen MR) is 241 cm³/mol. The monoisotopic (exact) mass is 735 g/mol. The van der Waals surface area contributed by atoms with Crippen LogP contribution in [0.2, 0.25) is 0 Å². The van der Waals surface area contributed by atoms with Gasteiger partial charge in [-0.2, -0.15) is 0 Å². The van der Waals surface area contributed by atoms with Crippen LogP contribution in [0.3, 0.4) is 0 Å². The van der Waals surface area contributed by atoms with E-state index in [2.05, 4.69) is 204 Å². The highest BCUT2D eigenvalue weighted by Gasteiger charge is 2.41. The molecule has 2 aliphatic carbocycles. The summed E-state index contributed by atoms with van der Waals surface area (Å²) in [6, 6.07) is 58.5. The lowest BCUT2D eigenvalue weighted by Gasteiger charge is -2.36. The van der Waals surface area contributed by atoms with Gasteiger partial charge in [-0.1, -0.05) is 157 Å². The number of para-hydroxylation sites is 2. The van der Waals surface area contributed by atoms with Crippen LogP contribution in [-0.4, -0.2) is 0 Å². The molecule has 1 aromatic heterocycles. The van der Waals surface area contributed by atoms with Crippen LogP contribution in [0.5, 0.6) is 0 Å². The number of benzene rings is 8. The molecule has 0 spiro atoms. The second kappa shape index (κ2) is 12.1. The van der Waals surface area contributed by atoms with Crippen LogP contribution < -0.4 is 4.90 Å². The van der Waals surface area contributed by atoms with E-state index < -0.39 is 0 Å². The van der Waals surface area contributed by atoms with Crippen LogP contribution in [0.1, 0.15) is 75.3 Å². The number of rotatable bonds is 5. The molecule has 0 bridgehead atoms. The Labute approximate surface area is 335 Å². The number of fused-ring (bicyclic) bond motifs is 8. The summed E-state index contributed by atoms with van der Waals surface area (Å²) in [6.45, 7) is 14.1. The van der Waals surface area contributed by atoms with E-state index in [1.807, 2.05) is 0 Å². The van der Waals surface area contributed by atoms with Gasteiger partial charge in [-0.25, -0.2) is 0 Å². The Morgan fingerprint density at radius 3 is 1.79 bits per heavy atom. The Hall–Kier alpha value is -6.38. The third-order valence-corrected chi connectivity index (χ3v) is 13.2. The van der Waals surface area contributed by atoms with Crippen molar-refractivity contribution in [2.75, 3.05) is 4.90 Å². The minimum absolute atomic E-state index is 0.129. The van der Waals surface area contributed by atoms with E-state index in [0.29, 0.717) is 5.92 Å². The summed E-state index contributed by atoms with van der Waals surface area (Å²) in [5.41, 5.74) is 19.2. The number of furan rings is 1. The molecule has 9 aromatic rings. The highest BCUT2D eigenvalue weighted by atomic mass is 16.3. The van der Waals surface area contributed by atoms with E-state index in [-0.39, 0.29) is 10.8 Å². The Morgan fingerprint density at radius 1 is 0.456 bits per heavy atom. The summed E-state index contributed by atoms with van der Waals surface area (Å²) >= 11 is 0. The fraction of sp³-hybridized carbons (Fsp3) is 0.164. The lowest BCUT2D eigenvalue weighted by Crippen LogP contribution is -2.24. The van der Waals surface area contributed by atoms with Crippen molar-refractivity contribution in [2.45, 2.75) is 58.3 Å². The molecule has 0 saturated heterocycles. The topological polar surface area (TPSA) is 16.4 Å². The van der Waals surface area contributed by atoms with E-state index in [0.717, 1.165) is 50.1 Å². The highest BCUT2D eigenvalue weighted by Crippen LogP contribution is 2.56. The van der Waals surface area contributed by atoms with Gasteiger partial charge >= 0.3 is 0 Å². The van der Waals surface area contributed by atoms with Crippen molar-refractivity contribution in [3.8, 4) is 33.4 Å². The molecule has 57 heavy (non-hydrogen) atoms. The van der Waals surface area contributed by atoms with Crippen molar-refractivity contribution in [1.82, 2.24) is 0 Å². The van der Waals surface area contributed by atoms with E-state index in [1.165, 1.54) is 60.8 Å². The van der Waals surface area contributed by atoms with Gasteiger partial charge in [-0.15, -0.1) is 0 Å². The minimum Gasteiger partial charge on any atom is -0.453 e. The molecule has 11 rings (SSSR count). The molecule has 0 unspecified atom stereocenters. The third kappa shape index (κ3) is 4.83. The Kier molecular flexibility index (Phi) is 7.18. The zero-order valence-corrected chi connectivity index (χ0v) is 33.4. The summed E-state index contributed by atoms with van der Waals surface area (Å²) in [5, 5.41) is 4.94. The lowest BCUT2D eigenvalue weighted by molar-refractivity contribution is 0.639. The first-order valence-electron chi connectivity index (χ1n) is 20.4. The molecule has 0 fully saturated rings. The van der Waals surface area contributed by atoms with Gasteiger partial charge in [-0.3, -0.25) is 0 Å². The van der Waals surface area contributed by atoms with Gasteiger partial charge in [-0.05, 0) is 115 Å². The second-order valence-corrected chi connectivity index (χ2v) is 17.5. The van der Waals surface area contributed by atoms with Crippen molar-refractivity contribution in [2.24, 2.45) is 0 Å². The van der Waals surface area contributed by atoms with Crippen molar-refractivity contribution in [3.05, 3.63) is 186 Å². The molecular formula is C55H45NO. The van der Waals surface area contributed by atoms with Crippen LogP contribution in [-0.2, 0) is 10.8 Å². The summed E-state index contributed by atoms with van der Waals surface area (Å²) in [5.74, 6) is 0.442. The first-order chi connectivity index (χ1) is 27.6. The molecule has 0 radical (unpaired) electrons. The Bertz CT molecular complexity index is 3080. The fourth-order valence-electron chi connectivity index (χ4n) is 10.1. The normalized spacial score (nSPS) is 14.6. The van der Waals surface area contributed by atoms with Gasteiger partial charge < -0.3 is 9.32 Å². The fourth-order valence-corrected chi connectivity index (χ4v) is 10.1. The average molecular weight is 736 g/mol. The van der Waals surface area contributed by atoms with Gasteiger partial charge in [0.25, 0.3) is 0 Å². The Morgan fingerprint density at radius 2 is 1.05 bits per heavy atom. The summed E-state index contributed by atoms with van der Waals surface area (Å²) < 4.78 is 7.02. The molecule has 0 amide bonds. The van der Waals surface area contributed by atoms with Crippen LogP contribution in [0.4, 0.5) is 17.1 Å². The zero-order chi connectivity index (χ0) is 38.8. The van der Waals surface area contributed by atoms with Gasteiger partial charge in [0.05, 0.1) is 5.69 Å². The standard InChI is InChI=1S/C55H45NO/c1-33(2)34-24-26-37(27-25-34)56(50-23-13-21-43-42-20-12-18-39(52(42)57-53(43)50)35-14-8-7-9-15-35)38-28-29-40-44-31-49-45(32-48(44)55(5,6)47(40)30-38)41-19-10-16-36-17-11-22-46(51(36)41)54(49,3)4/h7-33H,1-6H3. The smallest absolute Gasteiger partial charge is 0.159 e. The summed E-state index contributed by atoms with van der Waals surface area (Å²) in [4.78, 5) is 2.40. The third-order valence-electron chi connectivity index (χ3n) is 13.2. The zero-order valence-electron chi connectivity index (χ0n) is 33.4. The summed E-state index contributed by atoms with van der Waals surface area (Å²) in [7, 11) is 0. The van der Waals surface area contributed by atoms with Gasteiger partial charge in [0, 0.05) is 38.5 Å². The largest absolute Gasteiger partial charge is 0.453 e. The van der Waals surface area contributed by atoms with Crippen LogP contribution in [0.25, 0.3) is 66.1 Å². The molecule has 0 N–H and O–H groups in total. The van der Waals surface area contributed by atoms with Crippen molar-refractivity contribution < 1.29 is 4.42 Å². The van der Waals surface area contributed by atoms with Gasteiger partial charge in [0.15, 0.2) is 5.58 Å². The quantitative estimate of drug-likeness (QED) is 0.175. The number of nitrogens with zero attached hydrogens (tertiary/aromatic N) is 1. The van der Waals surface area contributed by atoms with E-state index >= 15 is 0 Å². The molecule has 2 nitrogen and oxygen atoms in total. The molecule has 0 atom stereocenters. The molecule has 0 aliphatic heterocycles. The maximum Gasteiger partial charge on any atom is 0.159 e. The molecule has 276 valence electrons. The van der Waals surface area contributed by atoms with Gasteiger partial charge in [0.2, 0.25) is 0 Å². The second-order valence-electron chi connectivity index (χ2n) is 17.5. The lowest BCUT2D eigenvalue weighted by atomic mass is 9.67. The minimum atomic E-state index is -0.214. The van der Waals surface area contributed by atoms with Crippen molar-refractivity contribution in [1.29, 1.82) is 0 Å². The van der Waals surface area contributed by atoms with E-state index in [4.69, 9.17) is 4.42 Å². The predicted octanol–water partition coefficient (Wildman–Crippen LogP) is 15.6. The van der Waals surface area contributed by atoms with Crippen LogP contribution in [0, 0.1) is 0 Å². The number of anilines is 3. The number of hydrogen-bond acceptors (Lipinski definition) is 2. The first-order valence-corrected chi connectivity index (χ1v) is 20.4. The van der Waals surface area contributed by atoms with Crippen LogP contribution >= 0.6 is 0 Å². The average Bonchev–Trinajstić information content (AvgIpc) is 3.72. The molecule has 2 heteroatoms. The SMILES string of the molecule is CC(C)c1ccc(N(c2ccc3c(c2)C(C)(C)c2cc4c(cc2-3)C(C)(C)c2cccc3cccc-4c23)c2cccc3c2oc2c(-c4ccccc4)cccc23)cc1. The molecule has 1 heterocycles. The molecule has 2 aliphatic rings. The van der Waals surface area contributed by atoms with E-state index in [1.54, 1.807) is 0 Å². The van der Waals surface area contributed by atoms with Gasteiger partial charge in [0.1, 0.15) is 5.58 Å². The highest BCUT2D eigenvalue weighted by molar-refractivity contribution is 6.13. The van der Waals surface area contributed by atoms with E-state index in [9.17, 15) is 0 Å². The molecule has 8 aromatic carbocycles. The summed E-state index contributed by atoms with van der Waals surface area (Å²) in [6.07, 6.45) is 0. The molecule has 0 saturated carbocycles. The Balaban J connectivity index is 1.11. The van der Waals surface area contributed by atoms with Crippen molar-refractivity contribution >= 4 is 49.8 Å². The first kappa shape index (κ1) is 33.9. The van der Waals surface area contributed by atoms with Crippen LogP contribution in [0.15, 0.2) is 162 Å². The maximum atomic E-state index is 7.02. The maximum absolute atomic E-state index is 7.02.